The average Bonchev–Trinajstić information content (AvgIpc) is 2.06. The summed E-state index contributed by atoms with van der Waals surface area (Å²) in [5.74, 6) is 0.892. The Bertz CT molecular complexity index is 231. The number of benzene rings is 1. The van der Waals surface area contributed by atoms with Crippen LogP contribution in [0.15, 0.2) is 24.3 Å². The second-order valence-corrected chi connectivity index (χ2v) is 3.82. The Hall–Kier alpha value is -0.280. The third kappa shape index (κ3) is 2.64. The zero-order chi connectivity index (χ0) is 8.97. The van der Waals surface area contributed by atoms with E-state index in [2.05, 4.69) is 25.3 Å². The molecule has 1 rings (SSSR count). The van der Waals surface area contributed by atoms with Crippen LogP contribution < -0.4 is 4.74 Å². The molecule has 0 unspecified atom stereocenters. The monoisotopic (exact) mass is 200 g/mol. The molecule has 1 aromatic carbocycles. The van der Waals surface area contributed by atoms with Gasteiger partial charge in [-0.2, -0.15) is 25.3 Å². The van der Waals surface area contributed by atoms with Crippen LogP contribution in [-0.2, 0) is 0 Å². The average molecular weight is 200 g/mol. The van der Waals surface area contributed by atoms with Gasteiger partial charge >= 0.3 is 0 Å². The molecule has 0 aliphatic heterocycles. The van der Waals surface area contributed by atoms with Crippen LogP contribution in [0.2, 0.25) is 0 Å². The van der Waals surface area contributed by atoms with E-state index in [1.807, 2.05) is 31.2 Å². The van der Waals surface area contributed by atoms with E-state index < -0.39 is 0 Å². The molecule has 1 nitrogen and oxygen atoms in total. The molecule has 0 aromatic heterocycles. The highest BCUT2D eigenvalue weighted by molar-refractivity contribution is 7.98. The van der Waals surface area contributed by atoms with E-state index in [-0.39, 0.29) is 4.58 Å². The summed E-state index contributed by atoms with van der Waals surface area (Å²) in [6.45, 7) is 2.67. The summed E-state index contributed by atoms with van der Waals surface area (Å²) >= 11 is 8.39. The summed E-state index contributed by atoms with van der Waals surface area (Å²) in [4.78, 5) is 0. The Balaban J connectivity index is 2.71. The maximum atomic E-state index is 5.29. The fourth-order valence-electron chi connectivity index (χ4n) is 0.903. The molecular weight excluding hydrogens is 188 g/mol. The van der Waals surface area contributed by atoms with Gasteiger partial charge in [-0.25, -0.2) is 0 Å². The number of hydrogen-bond donors (Lipinski definition) is 2. The predicted molar refractivity (Wildman–Crippen MR) is 58.3 cm³/mol. The highest BCUT2D eigenvalue weighted by Gasteiger charge is 1.99. The fourth-order valence-corrected chi connectivity index (χ4v) is 1.25. The van der Waals surface area contributed by atoms with Gasteiger partial charge in [0.15, 0.2) is 0 Å². The molecule has 0 aliphatic carbocycles. The van der Waals surface area contributed by atoms with Gasteiger partial charge in [-0.05, 0) is 24.6 Å². The van der Waals surface area contributed by atoms with Gasteiger partial charge in [0.05, 0.1) is 11.2 Å². The second kappa shape index (κ2) is 4.67. The topological polar surface area (TPSA) is 9.23 Å². The van der Waals surface area contributed by atoms with Crippen LogP contribution in [0.4, 0.5) is 0 Å². The van der Waals surface area contributed by atoms with Crippen LogP contribution in [0.3, 0.4) is 0 Å². The molecule has 3 heteroatoms. The molecule has 0 fully saturated rings. The van der Waals surface area contributed by atoms with E-state index >= 15 is 0 Å². The van der Waals surface area contributed by atoms with Gasteiger partial charge in [0.25, 0.3) is 0 Å². The summed E-state index contributed by atoms with van der Waals surface area (Å²) in [5, 5.41) is 0. The normalized spacial score (nSPS) is 10.3. The lowest BCUT2D eigenvalue weighted by atomic mass is 10.2. The number of rotatable bonds is 3. The smallest absolute Gasteiger partial charge is 0.119 e. The predicted octanol–water partition coefficient (Wildman–Crippen LogP) is 2.94. The van der Waals surface area contributed by atoms with Gasteiger partial charge in [0.2, 0.25) is 0 Å². The number of thiol groups is 2. The first kappa shape index (κ1) is 9.81. The summed E-state index contributed by atoms with van der Waals surface area (Å²) in [6, 6.07) is 7.79. The lowest BCUT2D eigenvalue weighted by Gasteiger charge is -2.05. The molecule has 0 amide bonds. The molecule has 0 atom stereocenters. The van der Waals surface area contributed by atoms with Gasteiger partial charge in [-0.1, -0.05) is 12.1 Å². The fraction of sp³-hybridized carbons (Fsp3) is 0.333. The van der Waals surface area contributed by atoms with Crippen molar-refractivity contribution in [3.63, 3.8) is 0 Å². The van der Waals surface area contributed by atoms with Crippen molar-refractivity contribution in [1.82, 2.24) is 0 Å². The van der Waals surface area contributed by atoms with E-state index in [0.717, 1.165) is 11.3 Å². The van der Waals surface area contributed by atoms with Crippen molar-refractivity contribution in [2.75, 3.05) is 6.61 Å². The highest BCUT2D eigenvalue weighted by Crippen LogP contribution is 2.25. The zero-order valence-electron chi connectivity index (χ0n) is 6.90. The second-order valence-electron chi connectivity index (χ2n) is 2.38. The molecular formula is C9H12OS2. The summed E-state index contributed by atoms with van der Waals surface area (Å²) in [6.07, 6.45) is 0. The summed E-state index contributed by atoms with van der Waals surface area (Å²) in [7, 11) is 0. The van der Waals surface area contributed by atoms with Crippen molar-refractivity contribution < 1.29 is 4.74 Å². The van der Waals surface area contributed by atoms with E-state index in [9.17, 15) is 0 Å². The van der Waals surface area contributed by atoms with Crippen LogP contribution in [-0.4, -0.2) is 6.61 Å². The van der Waals surface area contributed by atoms with Crippen molar-refractivity contribution in [1.29, 1.82) is 0 Å². The minimum absolute atomic E-state index is 0.0133. The van der Waals surface area contributed by atoms with Gasteiger partial charge < -0.3 is 4.74 Å². The Kier molecular flexibility index (Phi) is 3.82. The van der Waals surface area contributed by atoms with Gasteiger partial charge in [-0.3, -0.25) is 0 Å². The molecule has 0 bridgehead atoms. The quantitative estimate of drug-likeness (QED) is 0.563. The van der Waals surface area contributed by atoms with Crippen LogP contribution >= 0.6 is 25.3 Å². The van der Waals surface area contributed by atoms with Crippen molar-refractivity contribution >= 4 is 25.3 Å². The van der Waals surface area contributed by atoms with E-state index in [0.29, 0.717) is 6.61 Å². The van der Waals surface area contributed by atoms with Crippen LogP contribution in [0.5, 0.6) is 5.75 Å². The minimum Gasteiger partial charge on any atom is -0.494 e. The Labute approximate surface area is 83.9 Å². The molecule has 0 aliphatic rings. The molecule has 0 saturated carbocycles. The van der Waals surface area contributed by atoms with Crippen molar-refractivity contribution in [2.24, 2.45) is 0 Å². The Morgan fingerprint density at radius 1 is 1.25 bits per heavy atom. The minimum atomic E-state index is -0.0133. The molecule has 0 N–H and O–H groups in total. The first-order valence-corrected chi connectivity index (χ1v) is 4.86. The molecule has 12 heavy (non-hydrogen) atoms. The van der Waals surface area contributed by atoms with E-state index in [1.165, 1.54) is 0 Å². The molecule has 0 radical (unpaired) electrons. The standard InChI is InChI=1S/C9H12OS2/c1-2-10-8-5-3-7(4-6-8)9(11)12/h3-6,9,11-12H,2H2,1H3. The van der Waals surface area contributed by atoms with Crippen molar-refractivity contribution in [3.05, 3.63) is 29.8 Å². The van der Waals surface area contributed by atoms with E-state index in [4.69, 9.17) is 4.74 Å². The first-order valence-electron chi connectivity index (χ1n) is 3.83. The maximum Gasteiger partial charge on any atom is 0.119 e. The third-order valence-corrected chi connectivity index (χ3v) is 2.09. The van der Waals surface area contributed by atoms with Gasteiger partial charge in [-0.15, -0.1) is 0 Å². The van der Waals surface area contributed by atoms with Gasteiger partial charge in [0, 0.05) is 0 Å². The SMILES string of the molecule is CCOc1ccc(C(S)S)cc1. The molecule has 1 aromatic rings. The summed E-state index contributed by atoms with van der Waals surface area (Å²) < 4.78 is 5.28. The van der Waals surface area contributed by atoms with E-state index in [1.54, 1.807) is 0 Å². The van der Waals surface area contributed by atoms with Crippen molar-refractivity contribution in [3.8, 4) is 5.75 Å². The lowest BCUT2D eigenvalue weighted by molar-refractivity contribution is 0.340. The first-order chi connectivity index (χ1) is 5.74. The van der Waals surface area contributed by atoms with Crippen LogP contribution in [0, 0.1) is 0 Å². The largest absolute Gasteiger partial charge is 0.494 e. The molecule has 0 spiro atoms. The number of ether oxygens (including phenoxy) is 1. The van der Waals surface area contributed by atoms with Crippen LogP contribution in [0.1, 0.15) is 17.1 Å². The highest BCUT2D eigenvalue weighted by atomic mass is 32.2. The molecule has 0 heterocycles. The van der Waals surface area contributed by atoms with Crippen molar-refractivity contribution in [2.45, 2.75) is 11.5 Å². The van der Waals surface area contributed by atoms with Gasteiger partial charge in [0.1, 0.15) is 5.75 Å². The Morgan fingerprint density at radius 3 is 2.25 bits per heavy atom. The third-order valence-electron chi connectivity index (χ3n) is 1.49. The van der Waals surface area contributed by atoms with Crippen LogP contribution in [0.25, 0.3) is 0 Å². The molecule has 0 saturated heterocycles. The Morgan fingerprint density at radius 2 is 1.83 bits per heavy atom. The lowest BCUT2D eigenvalue weighted by Crippen LogP contribution is -1.91. The molecule has 66 valence electrons. The zero-order valence-corrected chi connectivity index (χ0v) is 8.69. The summed E-state index contributed by atoms with van der Waals surface area (Å²) in [5.41, 5.74) is 1.09. The maximum absolute atomic E-state index is 5.29. The number of hydrogen-bond acceptors (Lipinski definition) is 3.